The van der Waals surface area contributed by atoms with E-state index in [2.05, 4.69) is 10.3 Å². The maximum Gasteiger partial charge on any atom is 0.449 e. The van der Waals surface area contributed by atoms with E-state index >= 15 is 0 Å². The largest absolute Gasteiger partial charge is 0.449 e. The monoisotopic (exact) mass is 158 g/mol. The van der Waals surface area contributed by atoms with Crippen LogP contribution in [0.15, 0.2) is 10.3 Å². The van der Waals surface area contributed by atoms with Crippen LogP contribution in [0.3, 0.4) is 0 Å². The lowest BCUT2D eigenvalue weighted by Gasteiger charge is -1.88. The molecule has 2 N–H and O–H groups in total. The Morgan fingerprint density at radius 1 is 1.55 bits per heavy atom. The van der Waals surface area contributed by atoms with E-state index in [1.165, 1.54) is 0 Å². The second-order valence-electron chi connectivity index (χ2n) is 1.24. The molecule has 0 saturated heterocycles. The van der Waals surface area contributed by atoms with Gasteiger partial charge in [0, 0.05) is 0 Å². The third kappa shape index (κ3) is 1.90. The lowest BCUT2D eigenvalue weighted by atomic mass is 10.4. The van der Waals surface area contributed by atoms with Crippen LogP contribution in [-0.2, 0) is 0 Å². The Morgan fingerprint density at radius 2 is 2.09 bits per heavy atom. The van der Waals surface area contributed by atoms with Gasteiger partial charge in [-0.05, 0) is 4.92 Å². The second-order valence-corrected chi connectivity index (χ2v) is 1.24. The minimum absolute atomic E-state index is 0.961. The molecule has 0 saturated carbocycles. The Labute approximate surface area is 59.8 Å². The molecule has 8 heteroatoms. The van der Waals surface area contributed by atoms with Crippen LogP contribution in [0.5, 0.6) is 0 Å². The summed E-state index contributed by atoms with van der Waals surface area (Å²) in [5.41, 5.74) is -0.961. The van der Waals surface area contributed by atoms with Crippen molar-refractivity contribution in [3.05, 3.63) is 10.1 Å². The van der Waals surface area contributed by atoms with Crippen LogP contribution < -0.4 is 0 Å². The van der Waals surface area contributed by atoms with Crippen LogP contribution in [-0.4, -0.2) is 26.9 Å². The Morgan fingerprint density at radius 3 is 2.18 bits per heavy atom. The predicted octanol–water partition coefficient (Wildman–Crippen LogP) is -0.595. The molecule has 0 aromatic carbocycles. The fourth-order valence-electron chi connectivity index (χ4n) is 0.287. The number of amidine groups is 1. The topological polar surface area (TPSA) is 132 Å². The molecular weight excluding hydrogens is 156 g/mol. The summed E-state index contributed by atoms with van der Waals surface area (Å²) in [5, 5.41) is 38.1. The molecule has 0 fully saturated rings. The average molecular weight is 158 g/mol. The van der Waals surface area contributed by atoms with Crippen molar-refractivity contribution >= 4 is 11.5 Å². The van der Waals surface area contributed by atoms with Crippen LogP contribution in [0.25, 0.3) is 0 Å². The van der Waals surface area contributed by atoms with Gasteiger partial charge in [-0.15, -0.1) is 0 Å². The van der Waals surface area contributed by atoms with E-state index in [9.17, 15) is 10.1 Å². The van der Waals surface area contributed by atoms with Crippen molar-refractivity contribution in [3.8, 4) is 6.07 Å². The molecule has 0 unspecified atom stereocenters. The summed E-state index contributed by atoms with van der Waals surface area (Å²) in [7, 11) is 0. The Hall–Kier alpha value is -2.17. The van der Waals surface area contributed by atoms with Crippen LogP contribution in [0, 0.1) is 21.4 Å². The fourth-order valence-corrected chi connectivity index (χ4v) is 0.287. The second kappa shape index (κ2) is 3.78. The van der Waals surface area contributed by atoms with Crippen LogP contribution >= 0.6 is 0 Å². The maximum absolute atomic E-state index is 9.86. The first-order chi connectivity index (χ1) is 5.17. The number of nitrogens with zero attached hydrogens (tertiary/aromatic N) is 4. The summed E-state index contributed by atoms with van der Waals surface area (Å²) < 4.78 is 0. The highest BCUT2D eigenvalue weighted by atomic mass is 16.6. The van der Waals surface area contributed by atoms with Crippen molar-refractivity contribution in [2.24, 2.45) is 10.3 Å². The van der Waals surface area contributed by atoms with E-state index in [1.54, 1.807) is 0 Å². The molecule has 0 heterocycles. The van der Waals surface area contributed by atoms with Crippen molar-refractivity contribution in [3.63, 3.8) is 0 Å². The Balaban J connectivity index is 4.84. The van der Waals surface area contributed by atoms with Gasteiger partial charge in [-0.2, -0.15) is 5.26 Å². The number of nitriles is 1. The lowest BCUT2D eigenvalue weighted by Crippen LogP contribution is -2.21. The van der Waals surface area contributed by atoms with Gasteiger partial charge >= 0.3 is 5.84 Å². The first-order valence-corrected chi connectivity index (χ1v) is 2.16. The van der Waals surface area contributed by atoms with Gasteiger partial charge in [-0.25, -0.2) is 0 Å². The van der Waals surface area contributed by atoms with Gasteiger partial charge in [-0.3, -0.25) is 0 Å². The van der Waals surface area contributed by atoms with Gasteiger partial charge in [0.2, 0.25) is 0 Å². The molecule has 0 amide bonds. The first kappa shape index (κ1) is 8.83. The number of nitro groups is 1. The van der Waals surface area contributed by atoms with E-state index in [0.717, 1.165) is 6.07 Å². The molecule has 0 aliphatic heterocycles. The molecule has 0 rings (SSSR count). The number of hydrogen-bond donors (Lipinski definition) is 2. The van der Waals surface area contributed by atoms with E-state index in [0.29, 0.717) is 0 Å². The Kier molecular flexibility index (Phi) is 3.03. The summed E-state index contributed by atoms with van der Waals surface area (Å²) in [6.07, 6.45) is 0. The molecular formula is C3H2N4O4. The zero-order valence-corrected chi connectivity index (χ0v) is 5.00. The number of hydrogen-bond acceptors (Lipinski definition) is 7. The zero-order chi connectivity index (χ0) is 8.85. The third-order valence-electron chi connectivity index (χ3n) is 0.685. The van der Waals surface area contributed by atoms with Gasteiger partial charge in [0.25, 0.3) is 5.71 Å². The number of oxime groups is 2. The predicted molar refractivity (Wildman–Crippen MR) is 31.1 cm³/mol. The highest BCUT2D eigenvalue weighted by Crippen LogP contribution is 1.83. The highest BCUT2D eigenvalue weighted by molar-refractivity contribution is 6.44. The molecule has 0 spiro atoms. The molecule has 0 atom stereocenters. The first-order valence-electron chi connectivity index (χ1n) is 2.16. The van der Waals surface area contributed by atoms with Gasteiger partial charge in [0.05, 0.1) is 0 Å². The fraction of sp³-hybridized carbons (Fsp3) is 0. The molecule has 11 heavy (non-hydrogen) atoms. The molecule has 8 nitrogen and oxygen atoms in total. The van der Waals surface area contributed by atoms with Crippen molar-refractivity contribution in [1.82, 2.24) is 0 Å². The smallest absolute Gasteiger partial charge is 0.410 e. The van der Waals surface area contributed by atoms with E-state index < -0.39 is 16.5 Å². The summed E-state index contributed by atoms with van der Waals surface area (Å²) >= 11 is 0. The van der Waals surface area contributed by atoms with Crippen molar-refractivity contribution in [1.29, 1.82) is 5.26 Å². The summed E-state index contributed by atoms with van der Waals surface area (Å²) in [6.45, 7) is 0. The third-order valence-corrected chi connectivity index (χ3v) is 0.685. The molecule has 0 aromatic rings. The standard InChI is InChI=1S/C3H2N4O4/c4-1-2(5-8)3(6-9)7(10)11/h8-9H. The maximum atomic E-state index is 9.86. The van der Waals surface area contributed by atoms with Crippen LogP contribution in [0.2, 0.25) is 0 Å². The van der Waals surface area contributed by atoms with Crippen LogP contribution in [0.1, 0.15) is 0 Å². The summed E-state index contributed by atoms with van der Waals surface area (Å²) in [6, 6.07) is 1.15. The minimum atomic E-state index is -1.20. The molecule has 0 aliphatic rings. The van der Waals surface area contributed by atoms with Gasteiger partial charge in [0.1, 0.15) is 6.07 Å². The zero-order valence-electron chi connectivity index (χ0n) is 5.00. The van der Waals surface area contributed by atoms with Gasteiger partial charge in [0.15, 0.2) is 5.16 Å². The van der Waals surface area contributed by atoms with Crippen molar-refractivity contribution in [2.45, 2.75) is 0 Å². The lowest BCUT2D eigenvalue weighted by molar-refractivity contribution is -0.348. The SMILES string of the molecule is N#CC(=NO)C(=NO)[N+](=O)[O-]. The molecule has 0 aliphatic carbocycles. The minimum Gasteiger partial charge on any atom is -0.410 e. The van der Waals surface area contributed by atoms with Crippen molar-refractivity contribution in [2.75, 3.05) is 0 Å². The van der Waals surface area contributed by atoms with E-state index in [4.69, 9.17) is 15.7 Å². The quantitative estimate of drug-likeness (QED) is 0.173. The van der Waals surface area contributed by atoms with Crippen molar-refractivity contribution < 1.29 is 15.3 Å². The number of rotatable bonds is 1. The molecule has 58 valence electrons. The Bertz CT molecular complexity index is 261. The van der Waals surface area contributed by atoms with Gasteiger partial charge in [-0.1, -0.05) is 5.16 Å². The van der Waals surface area contributed by atoms with Gasteiger partial charge < -0.3 is 20.5 Å². The van der Waals surface area contributed by atoms with E-state index in [-0.39, 0.29) is 0 Å². The summed E-state index contributed by atoms with van der Waals surface area (Å²) in [4.78, 5) is 8.71. The summed E-state index contributed by atoms with van der Waals surface area (Å²) in [5.74, 6) is -1.20. The molecule has 0 radical (unpaired) electrons. The highest BCUT2D eigenvalue weighted by Gasteiger charge is 2.22. The average Bonchev–Trinajstić information content (AvgIpc) is 1.99. The molecule has 0 aromatic heterocycles. The normalized spacial score (nSPS) is 12.3. The molecule has 0 bridgehead atoms. The van der Waals surface area contributed by atoms with Crippen LogP contribution in [0.4, 0.5) is 0 Å². The van der Waals surface area contributed by atoms with E-state index in [1.807, 2.05) is 0 Å².